The molecule has 2 aromatic carbocycles. The van der Waals surface area contributed by atoms with Crippen LogP contribution in [-0.4, -0.2) is 6.04 Å². The Kier molecular flexibility index (Phi) is 5.27. The van der Waals surface area contributed by atoms with E-state index in [9.17, 15) is 0 Å². The van der Waals surface area contributed by atoms with Crippen molar-refractivity contribution in [3.63, 3.8) is 0 Å². The lowest BCUT2D eigenvalue weighted by Crippen LogP contribution is -2.22. The van der Waals surface area contributed by atoms with Crippen LogP contribution in [0.15, 0.2) is 36.4 Å². The maximum Gasteiger partial charge on any atom is 0.133 e. The Hall–Kier alpha value is -1.51. The third kappa shape index (κ3) is 4.23. The molecule has 0 amide bonds. The van der Waals surface area contributed by atoms with Crippen molar-refractivity contribution < 1.29 is 4.74 Å². The molecule has 0 saturated heterocycles. The molecule has 2 nitrogen and oxygen atoms in total. The van der Waals surface area contributed by atoms with Crippen LogP contribution in [0.2, 0.25) is 5.02 Å². The molecule has 0 radical (unpaired) electrons. The van der Waals surface area contributed by atoms with E-state index in [0.29, 0.717) is 6.04 Å². The van der Waals surface area contributed by atoms with Crippen LogP contribution in [0.3, 0.4) is 0 Å². The zero-order valence-electron chi connectivity index (χ0n) is 13.0. The molecular formula is C18H22ClNO. The van der Waals surface area contributed by atoms with Gasteiger partial charge in [0.25, 0.3) is 0 Å². The van der Waals surface area contributed by atoms with Crippen LogP contribution in [0.1, 0.15) is 30.5 Å². The highest BCUT2D eigenvalue weighted by Crippen LogP contribution is 2.32. The molecule has 0 aliphatic rings. The van der Waals surface area contributed by atoms with E-state index < -0.39 is 0 Å². The molecule has 0 spiro atoms. The number of halogens is 1. The molecule has 0 atom stereocenters. The second kappa shape index (κ2) is 6.97. The number of nitrogens with one attached hydrogen (secondary N) is 1. The molecule has 0 fully saturated rings. The quantitative estimate of drug-likeness (QED) is 0.815. The molecule has 1 N–H and O–H groups in total. The first-order valence-corrected chi connectivity index (χ1v) is 7.61. The molecule has 0 unspecified atom stereocenters. The molecule has 21 heavy (non-hydrogen) atoms. The van der Waals surface area contributed by atoms with Gasteiger partial charge in [-0.15, -0.1) is 0 Å². The highest BCUT2D eigenvalue weighted by Gasteiger charge is 2.10. The molecular weight excluding hydrogens is 282 g/mol. The minimum atomic E-state index is 0.442. The highest BCUT2D eigenvalue weighted by atomic mass is 35.5. The van der Waals surface area contributed by atoms with E-state index in [1.807, 2.05) is 44.2 Å². The van der Waals surface area contributed by atoms with Gasteiger partial charge >= 0.3 is 0 Å². The normalized spacial score (nSPS) is 11.0. The van der Waals surface area contributed by atoms with Gasteiger partial charge in [-0.05, 0) is 43.2 Å². The number of aryl methyl sites for hydroxylation is 2. The minimum absolute atomic E-state index is 0.442. The standard InChI is InChI=1S/C18H22ClNO/c1-12(2)20-11-15-7-5-6-8-17(15)21-18-13(3)9-16(19)10-14(18)4/h5-10,12,20H,11H2,1-4H3. The van der Waals surface area contributed by atoms with Gasteiger partial charge in [-0.2, -0.15) is 0 Å². The second-order valence-corrected chi connectivity index (χ2v) is 6.05. The maximum atomic E-state index is 6.16. The Labute approximate surface area is 132 Å². The average Bonchev–Trinajstić information content (AvgIpc) is 2.41. The van der Waals surface area contributed by atoms with Crippen LogP contribution in [0, 0.1) is 13.8 Å². The minimum Gasteiger partial charge on any atom is -0.456 e. The van der Waals surface area contributed by atoms with Gasteiger partial charge in [-0.3, -0.25) is 0 Å². The maximum absolute atomic E-state index is 6.16. The summed E-state index contributed by atoms with van der Waals surface area (Å²) < 4.78 is 6.16. The summed E-state index contributed by atoms with van der Waals surface area (Å²) in [6.45, 7) is 9.10. The Balaban J connectivity index is 2.28. The van der Waals surface area contributed by atoms with Crippen LogP contribution < -0.4 is 10.1 Å². The zero-order valence-corrected chi connectivity index (χ0v) is 13.8. The van der Waals surface area contributed by atoms with Gasteiger partial charge in [0.15, 0.2) is 0 Å². The number of rotatable bonds is 5. The number of hydrogen-bond acceptors (Lipinski definition) is 2. The van der Waals surface area contributed by atoms with Gasteiger partial charge in [-0.25, -0.2) is 0 Å². The zero-order chi connectivity index (χ0) is 15.4. The average molecular weight is 304 g/mol. The number of hydrogen-bond donors (Lipinski definition) is 1. The van der Waals surface area contributed by atoms with Crippen LogP contribution in [0.4, 0.5) is 0 Å². The molecule has 0 bridgehead atoms. The lowest BCUT2D eigenvalue weighted by Gasteiger charge is -2.16. The lowest BCUT2D eigenvalue weighted by atomic mass is 10.1. The topological polar surface area (TPSA) is 21.3 Å². The van der Waals surface area contributed by atoms with Crippen molar-refractivity contribution in [2.24, 2.45) is 0 Å². The van der Waals surface area contributed by atoms with E-state index in [-0.39, 0.29) is 0 Å². The second-order valence-electron chi connectivity index (χ2n) is 5.61. The first kappa shape index (κ1) is 15.9. The summed E-state index contributed by atoms with van der Waals surface area (Å²) in [6.07, 6.45) is 0. The van der Waals surface area contributed by atoms with Crippen LogP contribution in [-0.2, 0) is 6.54 Å². The van der Waals surface area contributed by atoms with E-state index in [2.05, 4.69) is 25.2 Å². The summed E-state index contributed by atoms with van der Waals surface area (Å²) in [7, 11) is 0. The Bertz CT molecular complexity index is 599. The Morgan fingerprint density at radius 1 is 1.10 bits per heavy atom. The highest BCUT2D eigenvalue weighted by molar-refractivity contribution is 6.30. The van der Waals surface area contributed by atoms with Gasteiger partial charge < -0.3 is 10.1 Å². The molecule has 112 valence electrons. The van der Waals surface area contributed by atoms with Crippen LogP contribution in [0.25, 0.3) is 0 Å². The predicted octanol–water partition coefficient (Wildman–Crippen LogP) is 5.25. The first-order valence-electron chi connectivity index (χ1n) is 7.23. The lowest BCUT2D eigenvalue weighted by molar-refractivity contribution is 0.463. The molecule has 3 heteroatoms. The number of benzene rings is 2. The number of ether oxygens (including phenoxy) is 1. The van der Waals surface area contributed by atoms with Gasteiger partial charge in [0.2, 0.25) is 0 Å². The van der Waals surface area contributed by atoms with Gasteiger partial charge in [-0.1, -0.05) is 43.6 Å². The van der Waals surface area contributed by atoms with E-state index >= 15 is 0 Å². The molecule has 0 aliphatic heterocycles. The van der Waals surface area contributed by atoms with Crippen molar-refractivity contribution in [2.75, 3.05) is 0 Å². The van der Waals surface area contributed by atoms with E-state index in [4.69, 9.17) is 16.3 Å². The third-order valence-electron chi connectivity index (χ3n) is 3.31. The Morgan fingerprint density at radius 2 is 1.71 bits per heavy atom. The predicted molar refractivity (Wildman–Crippen MR) is 89.4 cm³/mol. The third-order valence-corrected chi connectivity index (χ3v) is 3.53. The smallest absolute Gasteiger partial charge is 0.133 e. The fourth-order valence-electron chi connectivity index (χ4n) is 2.23. The number of para-hydroxylation sites is 1. The van der Waals surface area contributed by atoms with Crippen molar-refractivity contribution in [1.29, 1.82) is 0 Å². The van der Waals surface area contributed by atoms with Crippen molar-refractivity contribution in [3.8, 4) is 11.5 Å². The fourth-order valence-corrected chi connectivity index (χ4v) is 2.56. The fraction of sp³-hybridized carbons (Fsp3) is 0.333. The first-order chi connectivity index (χ1) is 9.97. The van der Waals surface area contributed by atoms with Crippen molar-refractivity contribution >= 4 is 11.6 Å². The molecule has 0 aliphatic carbocycles. The van der Waals surface area contributed by atoms with E-state index in [0.717, 1.165) is 39.8 Å². The molecule has 2 aromatic rings. The molecule has 0 heterocycles. The summed E-state index contributed by atoms with van der Waals surface area (Å²) >= 11 is 6.08. The summed E-state index contributed by atoms with van der Waals surface area (Å²) in [5.74, 6) is 1.77. The Morgan fingerprint density at radius 3 is 2.33 bits per heavy atom. The summed E-state index contributed by atoms with van der Waals surface area (Å²) in [5.41, 5.74) is 3.25. The molecule has 2 rings (SSSR count). The largest absolute Gasteiger partial charge is 0.456 e. The van der Waals surface area contributed by atoms with Crippen LogP contribution >= 0.6 is 11.6 Å². The van der Waals surface area contributed by atoms with Crippen molar-refractivity contribution in [1.82, 2.24) is 5.32 Å². The van der Waals surface area contributed by atoms with Crippen molar-refractivity contribution in [2.45, 2.75) is 40.3 Å². The molecule has 0 aromatic heterocycles. The van der Waals surface area contributed by atoms with Gasteiger partial charge in [0.1, 0.15) is 11.5 Å². The van der Waals surface area contributed by atoms with E-state index in [1.54, 1.807) is 0 Å². The monoisotopic (exact) mass is 303 g/mol. The summed E-state index contributed by atoms with van der Waals surface area (Å²) in [4.78, 5) is 0. The summed E-state index contributed by atoms with van der Waals surface area (Å²) in [6, 6.07) is 12.4. The van der Waals surface area contributed by atoms with Gasteiger partial charge in [0, 0.05) is 23.2 Å². The molecule has 0 saturated carbocycles. The van der Waals surface area contributed by atoms with E-state index in [1.165, 1.54) is 0 Å². The SMILES string of the molecule is Cc1cc(Cl)cc(C)c1Oc1ccccc1CNC(C)C. The van der Waals surface area contributed by atoms with Gasteiger partial charge in [0.05, 0.1) is 0 Å². The summed E-state index contributed by atoms with van der Waals surface area (Å²) in [5, 5.41) is 4.17. The van der Waals surface area contributed by atoms with Crippen molar-refractivity contribution in [3.05, 3.63) is 58.1 Å². The van der Waals surface area contributed by atoms with Crippen LogP contribution in [0.5, 0.6) is 11.5 Å².